The topological polar surface area (TPSA) is 78.4 Å². The van der Waals surface area contributed by atoms with Gasteiger partial charge in [0.2, 0.25) is 11.8 Å². The molecule has 0 bridgehead atoms. The molecular formula is C15H20N2O3. The summed E-state index contributed by atoms with van der Waals surface area (Å²) in [7, 11) is 0. The van der Waals surface area contributed by atoms with Crippen LogP contribution in [0.4, 0.5) is 0 Å². The van der Waals surface area contributed by atoms with E-state index in [2.05, 4.69) is 10.6 Å². The number of fused-ring (bicyclic) bond motifs is 1. The number of hydrogen-bond donors (Lipinski definition) is 3. The number of benzene rings is 1. The molecule has 1 aliphatic carbocycles. The molecule has 1 aromatic rings. The third-order valence-corrected chi connectivity index (χ3v) is 3.63. The van der Waals surface area contributed by atoms with Gasteiger partial charge in [-0.1, -0.05) is 24.3 Å². The van der Waals surface area contributed by atoms with Crippen molar-refractivity contribution < 1.29 is 14.7 Å². The first kappa shape index (κ1) is 14.5. The number of nitrogens with one attached hydrogen (secondary N) is 2. The highest BCUT2D eigenvalue weighted by molar-refractivity contribution is 5.83. The molecule has 108 valence electrons. The van der Waals surface area contributed by atoms with Crippen LogP contribution < -0.4 is 10.6 Å². The Morgan fingerprint density at radius 2 is 2.05 bits per heavy atom. The van der Waals surface area contributed by atoms with Crippen molar-refractivity contribution in [3.63, 3.8) is 0 Å². The summed E-state index contributed by atoms with van der Waals surface area (Å²) in [5, 5.41) is 15.9. The van der Waals surface area contributed by atoms with E-state index in [1.807, 2.05) is 24.3 Å². The SMILES string of the molecule is CC(=O)NCC(=O)NCC1(O)CCCc2ccccc21. The van der Waals surface area contributed by atoms with Crippen molar-refractivity contribution in [3.05, 3.63) is 35.4 Å². The van der Waals surface area contributed by atoms with E-state index in [4.69, 9.17) is 0 Å². The van der Waals surface area contributed by atoms with Gasteiger partial charge in [-0.15, -0.1) is 0 Å². The van der Waals surface area contributed by atoms with Crippen molar-refractivity contribution >= 4 is 11.8 Å². The lowest BCUT2D eigenvalue weighted by Gasteiger charge is -2.34. The van der Waals surface area contributed by atoms with E-state index in [0.717, 1.165) is 24.0 Å². The fourth-order valence-electron chi connectivity index (χ4n) is 2.59. The van der Waals surface area contributed by atoms with Crippen LogP contribution in [0.25, 0.3) is 0 Å². The molecule has 5 heteroatoms. The molecule has 0 spiro atoms. The van der Waals surface area contributed by atoms with Crippen LogP contribution in [0.15, 0.2) is 24.3 Å². The van der Waals surface area contributed by atoms with E-state index < -0.39 is 5.60 Å². The summed E-state index contributed by atoms with van der Waals surface area (Å²) in [4.78, 5) is 22.3. The monoisotopic (exact) mass is 276 g/mol. The Morgan fingerprint density at radius 3 is 2.80 bits per heavy atom. The maximum absolute atomic E-state index is 11.6. The van der Waals surface area contributed by atoms with E-state index in [9.17, 15) is 14.7 Å². The van der Waals surface area contributed by atoms with E-state index in [-0.39, 0.29) is 24.9 Å². The second-order valence-corrected chi connectivity index (χ2v) is 5.23. The Balaban J connectivity index is 1.99. The first-order valence-corrected chi connectivity index (χ1v) is 6.83. The van der Waals surface area contributed by atoms with Crippen molar-refractivity contribution in [2.45, 2.75) is 31.8 Å². The van der Waals surface area contributed by atoms with Gasteiger partial charge in [0.25, 0.3) is 0 Å². The molecule has 5 nitrogen and oxygen atoms in total. The number of aryl methyl sites for hydroxylation is 1. The van der Waals surface area contributed by atoms with Gasteiger partial charge in [-0.05, 0) is 30.4 Å². The maximum Gasteiger partial charge on any atom is 0.239 e. The minimum atomic E-state index is -1.01. The summed E-state index contributed by atoms with van der Waals surface area (Å²) in [6, 6.07) is 7.78. The van der Waals surface area contributed by atoms with E-state index in [1.54, 1.807) is 0 Å². The van der Waals surface area contributed by atoms with Gasteiger partial charge in [-0.3, -0.25) is 9.59 Å². The van der Waals surface area contributed by atoms with Crippen LogP contribution in [0.1, 0.15) is 30.9 Å². The second-order valence-electron chi connectivity index (χ2n) is 5.23. The van der Waals surface area contributed by atoms with Gasteiger partial charge in [-0.25, -0.2) is 0 Å². The molecular weight excluding hydrogens is 256 g/mol. The molecule has 1 aromatic carbocycles. The average molecular weight is 276 g/mol. The highest BCUT2D eigenvalue weighted by Crippen LogP contribution is 2.34. The molecule has 1 atom stereocenters. The number of carbonyl (C=O) groups excluding carboxylic acids is 2. The average Bonchev–Trinajstić information content (AvgIpc) is 2.44. The number of amides is 2. The maximum atomic E-state index is 11.6. The molecule has 2 amide bonds. The molecule has 0 aromatic heterocycles. The molecule has 0 aliphatic heterocycles. The summed E-state index contributed by atoms with van der Waals surface area (Å²) in [6.07, 6.45) is 2.48. The van der Waals surface area contributed by atoms with Crippen molar-refractivity contribution in [2.24, 2.45) is 0 Å². The number of carbonyl (C=O) groups is 2. The Morgan fingerprint density at radius 1 is 1.30 bits per heavy atom. The zero-order valence-electron chi connectivity index (χ0n) is 11.6. The zero-order chi connectivity index (χ0) is 14.6. The highest BCUT2D eigenvalue weighted by atomic mass is 16.3. The van der Waals surface area contributed by atoms with Crippen LogP contribution >= 0.6 is 0 Å². The van der Waals surface area contributed by atoms with Crippen molar-refractivity contribution in [3.8, 4) is 0 Å². The third kappa shape index (κ3) is 3.36. The summed E-state index contributed by atoms with van der Waals surface area (Å²) in [6.45, 7) is 1.47. The van der Waals surface area contributed by atoms with Gasteiger partial charge < -0.3 is 15.7 Å². The molecule has 0 fully saturated rings. The van der Waals surface area contributed by atoms with E-state index >= 15 is 0 Å². The molecule has 0 radical (unpaired) electrons. The summed E-state index contributed by atoms with van der Waals surface area (Å²) in [5.41, 5.74) is 1.02. The largest absolute Gasteiger partial charge is 0.383 e. The van der Waals surface area contributed by atoms with Gasteiger partial charge in [0.1, 0.15) is 5.60 Å². The van der Waals surface area contributed by atoms with Crippen LogP contribution in [0.5, 0.6) is 0 Å². The van der Waals surface area contributed by atoms with Crippen LogP contribution in [0.2, 0.25) is 0 Å². The molecule has 2 rings (SSSR count). The molecule has 1 unspecified atom stereocenters. The lowest BCUT2D eigenvalue weighted by molar-refractivity contribution is -0.125. The normalized spacial score (nSPS) is 20.9. The fourth-order valence-corrected chi connectivity index (χ4v) is 2.59. The first-order valence-electron chi connectivity index (χ1n) is 6.83. The van der Waals surface area contributed by atoms with Crippen LogP contribution in [-0.2, 0) is 21.6 Å². The lowest BCUT2D eigenvalue weighted by atomic mass is 9.79. The molecule has 0 saturated heterocycles. The van der Waals surface area contributed by atoms with Crippen LogP contribution in [0.3, 0.4) is 0 Å². The molecule has 3 N–H and O–H groups in total. The highest BCUT2D eigenvalue weighted by Gasteiger charge is 2.34. The predicted octanol–water partition coefficient (Wildman–Crippen LogP) is 0.463. The smallest absolute Gasteiger partial charge is 0.239 e. The van der Waals surface area contributed by atoms with Crippen molar-refractivity contribution in [1.82, 2.24) is 10.6 Å². The van der Waals surface area contributed by atoms with Gasteiger partial charge >= 0.3 is 0 Å². The Labute approximate surface area is 118 Å². The molecule has 0 heterocycles. The van der Waals surface area contributed by atoms with Gasteiger partial charge in [0.05, 0.1) is 13.1 Å². The third-order valence-electron chi connectivity index (χ3n) is 3.63. The Bertz CT molecular complexity index is 516. The van der Waals surface area contributed by atoms with Gasteiger partial charge in [0.15, 0.2) is 0 Å². The minimum Gasteiger partial charge on any atom is -0.383 e. The van der Waals surface area contributed by atoms with Crippen LogP contribution in [-0.4, -0.2) is 30.0 Å². The van der Waals surface area contributed by atoms with E-state index in [1.165, 1.54) is 6.92 Å². The van der Waals surface area contributed by atoms with Crippen molar-refractivity contribution in [2.75, 3.05) is 13.1 Å². The summed E-state index contributed by atoms with van der Waals surface area (Å²) >= 11 is 0. The predicted molar refractivity (Wildman–Crippen MR) is 75.0 cm³/mol. The number of aliphatic hydroxyl groups is 1. The molecule has 20 heavy (non-hydrogen) atoms. The lowest BCUT2D eigenvalue weighted by Crippen LogP contribution is -2.45. The summed E-state index contributed by atoms with van der Waals surface area (Å²) in [5.74, 6) is -0.543. The van der Waals surface area contributed by atoms with Gasteiger partial charge in [-0.2, -0.15) is 0 Å². The van der Waals surface area contributed by atoms with Crippen LogP contribution in [0, 0.1) is 0 Å². The minimum absolute atomic E-state index is 0.0624. The number of rotatable bonds is 4. The Kier molecular flexibility index (Phi) is 4.39. The second kappa shape index (κ2) is 6.05. The van der Waals surface area contributed by atoms with Crippen molar-refractivity contribution in [1.29, 1.82) is 0 Å². The van der Waals surface area contributed by atoms with Gasteiger partial charge in [0, 0.05) is 6.92 Å². The quantitative estimate of drug-likeness (QED) is 0.747. The van der Waals surface area contributed by atoms with E-state index in [0.29, 0.717) is 6.42 Å². The first-order chi connectivity index (χ1) is 9.51. The molecule has 0 saturated carbocycles. The zero-order valence-corrected chi connectivity index (χ0v) is 11.6. The fraction of sp³-hybridized carbons (Fsp3) is 0.467. The molecule has 1 aliphatic rings. The summed E-state index contributed by atoms with van der Waals surface area (Å²) < 4.78 is 0. The number of hydrogen-bond acceptors (Lipinski definition) is 3. The standard InChI is InChI=1S/C15H20N2O3/c1-11(18)16-9-14(19)17-10-15(20)8-4-6-12-5-2-3-7-13(12)15/h2-3,5,7,20H,4,6,8-10H2,1H3,(H,16,18)(H,17,19). The Hall–Kier alpha value is -1.88.